The minimum Gasteiger partial charge on any atom is -0.496 e. The van der Waals surface area contributed by atoms with Crippen LogP contribution in [0, 0.1) is 5.82 Å². The quantitative estimate of drug-likeness (QED) is 0.743. The van der Waals surface area contributed by atoms with Gasteiger partial charge in [0.25, 0.3) is 0 Å². The van der Waals surface area contributed by atoms with Gasteiger partial charge in [-0.05, 0) is 36.4 Å². The molecule has 0 aliphatic heterocycles. The summed E-state index contributed by atoms with van der Waals surface area (Å²) in [7, 11) is 1.52. The fourth-order valence-electron chi connectivity index (χ4n) is 1.86. The van der Waals surface area contributed by atoms with Gasteiger partial charge in [-0.25, -0.2) is 4.39 Å². The Bertz CT molecular complexity index is 658. The standard InChI is InChI=1S/C15H11BrClFO2/c1-20-15-5-2-10(16)6-9(15)7-14(19)12-8-11(17)3-4-13(12)18/h2-6,8H,7H2,1H3. The smallest absolute Gasteiger partial charge is 0.170 e. The number of methoxy groups -OCH3 is 1. The second-order valence-corrected chi connectivity index (χ2v) is 5.53. The lowest BCUT2D eigenvalue weighted by atomic mass is 10.0. The molecule has 0 aliphatic carbocycles. The van der Waals surface area contributed by atoms with E-state index < -0.39 is 5.82 Å². The molecule has 0 radical (unpaired) electrons. The van der Waals surface area contributed by atoms with Gasteiger partial charge in [0.2, 0.25) is 0 Å². The van der Waals surface area contributed by atoms with Crippen molar-refractivity contribution in [1.82, 2.24) is 0 Å². The summed E-state index contributed by atoms with van der Waals surface area (Å²) >= 11 is 9.13. The summed E-state index contributed by atoms with van der Waals surface area (Å²) < 4.78 is 19.7. The molecule has 0 aromatic heterocycles. The zero-order valence-corrected chi connectivity index (χ0v) is 13.0. The molecule has 0 heterocycles. The van der Waals surface area contributed by atoms with Gasteiger partial charge in [-0.15, -0.1) is 0 Å². The van der Waals surface area contributed by atoms with E-state index in [0.717, 1.165) is 4.47 Å². The maximum Gasteiger partial charge on any atom is 0.170 e. The van der Waals surface area contributed by atoms with Crippen molar-refractivity contribution < 1.29 is 13.9 Å². The molecule has 0 N–H and O–H groups in total. The molecule has 2 aromatic carbocycles. The summed E-state index contributed by atoms with van der Waals surface area (Å²) in [5, 5.41) is 0.330. The Morgan fingerprint density at radius 3 is 2.75 bits per heavy atom. The Labute approximate surface area is 129 Å². The number of rotatable bonds is 4. The van der Waals surface area contributed by atoms with Gasteiger partial charge in [-0.1, -0.05) is 27.5 Å². The summed E-state index contributed by atoms with van der Waals surface area (Å²) in [5.74, 6) is -0.334. The van der Waals surface area contributed by atoms with Gasteiger partial charge in [0.15, 0.2) is 5.78 Å². The lowest BCUT2D eigenvalue weighted by molar-refractivity contribution is 0.0988. The number of halogens is 3. The van der Waals surface area contributed by atoms with Gasteiger partial charge in [-0.2, -0.15) is 0 Å². The van der Waals surface area contributed by atoms with Crippen LogP contribution in [0.15, 0.2) is 40.9 Å². The van der Waals surface area contributed by atoms with E-state index in [4.69, 9.17) is 16.3 Å². The lowest BCUT2D eigenvalue weighted by Gasteiger charge is -2.09. The Balaban J connectivity index is 2.32. The molecule has 104 valence electrons. The number of Topliss-reactive ketones (excluding diaryl/α,β-unsaturated/α-hetero) is 1. The number of hydrogen-bond donors (Lipinski definition) is 0. The van der Waals surface area contributed by atoms with Gasteiger partial charge >= 0.3 is 0 Å². The molecular weight excluding hydrogens is 347 g/mol. The Morgan fingerprint density at radius 2 is 2.05 bits per heavy atom. The topological polar surface area (TPSA) is 26.3 Å². The molecule has 2 rings (SSSR count). The first-order valence-electron chi connectivity index (χ1n) is 5.82. The van der Waals surface area contributed by atoms with Crippen molar-refractivity contribution in [3.63, 3.8) is 0 Å². The maximum atomic E-state index is 13.7. The molecule has 2 aromatic rings. The third-order valence-electron chi connectivity index (χ3n) is 2.82. The first kappa shape index (κ1) is 15.0. The van der Waals surface area contributed by atoms with E-state index in [1.807, 2.05) is 6.07 Å². The van der Waals surface area contributed by atoms with Crippen LogP contribution in [0.2, 0.25) is 5.02 Å². The Kier molecular flexibility index (Phi) is 4.78. The van der Waals surface area contributed by atoms with Crippen LogP contribution in [-0.4, -0.2) is 12.9 Å². The fourth-order valence-corrected chi connectivity index (χ4v) is 2.45. The van der Waals surface area contributed by atoms with E-state index >= 15 is 0 Å². The summed E-state index contributed by atoms with van der Waals surface area (Å²) in [6.07, 6.45) is 0.0415. The predicted molar refractivity (Wildman–Crippen MR) is 80.1 cm³/mol. The van der Waals surface area contributed by atoms with E-state index in [1.165, 1.54) is 25.3 Å². The van der Waals surface area contributed by atoms with E-state index in [-0.39, 0.29) is 17.8 Å². The summed E-state index contributed by atoms with van der Waals surface area (Å²) in [6, 6.07) is 9.28. The van der Waals surface area contributed by atoms with Gasteiger partial charge in [0, 0.05) is 21.5 Å². The minimum absolute atomic E-state index is 0.0143. The molecule has 0 bridgehead atoms. The molecule has 2 nitrogen and oxygen atoms in total. The van der Waals surface area contributed by atoms with Gasteiger partial charge in [0.1, 0.15) is 11.6 Å². The van der Waals surface area contributed by atoms with E-state index in [1.54, 1.807) is 12.1 Å². The van der Waals surface area contributed by atoms with Gasteiger partial charge in [-0.3, -0.25) is 4.79 Å². The van der Waals surface area contributed by atoms with E-state index in [9.17, 15) is 9.18 Å². The van der Waals surface area contributed by atoms with Crippen molar-refractivity contribution in [1.29, 1.82) is 0 Å². The molecule has 0 fully saturated rings. The predicted octanol–water partition coefficient (Wildman–Crippen LogP) is 4.68. The van der Waals surface area contributed by atoms with Crippen molar-refractivity contribution in [2.75, 3.05) is 7.11 Å². The molecule has 0 spiro atoms. The van der Waals surface area contributed by atoms with Crippen molar-refractivity contribution >= 4 is 33.3 Å². The molecule has 0 saturated heterocycles. The number of ether oxygens (including phenoxy) is 1. The first-order valence-corrected chi connectivity index (χ1v) is 6.99. The second-order valence-electron chi connectivity index (χ2n) is 4.18. The highest BCUT2D eigenvalue weighted by atomic mass is 79.9. The van der Waals surface area contributed by atoms with Crippen LogP contribution in [-0.2, 0) is 6.42 Å². The number of ketones is 1. The number of carbonyl (C=O) groups is 1. The molecule has 5 heteroatoms. The zero-order valence-electron chi connectivity index (χ0n) is 10.6. The van der Waals surface area contributed by atoms with Crippen LogP contribution in [0.5, 0.6) is 5.75 Å². The largest absolute Gasteiger partial charge is 0.496 e. The van der Waals surface area contributed by atoms with Crippen LogP contribution >= 0.6 is 27.5 Å². The number of hydrogen-bond acceptors (Lipinski definition) is 2. The molecule has 0 amide bonds. The maximum absolute atomic E-state index is 13.7. The lowest BCUT2D eigenvalue weighted by Crippen LogP contribution is -2.07. The van der Waals surface area contributed by atoms with Crippen LogP contribution in [0.1, 0.15) is 15.9 Å². The van der Waals surface area contributed by atoms with Crippen LogP contribution < -0.4 is 4.74 Å². The monoisotopic (exact) mass is 356 g/mol. The van der Waals surface area contributed by atoms with Crippen LogP contribution in [0.4, 0.5) is 4.39 Å². The Morgan fingerprint density at radius 1 is 1.30 bits per heavy atom. The van der Waals surface area contributed by atoms with E-state index in [0.29, 0.717) is 16.3 Å². The summed E-state index contributed by atoms with van der Waals surface area (Å²) in [6.45, 7) is 0. The third kappa shape index (κ3) is 3.38. The molecule has 20 heavy (non-hydrogen) atoms. The normalized spacial score (nSPS) is 10.4. The van der Waals surface area contributed by atoms with Crippen LogP contribution in [0.3, 0.4) is 0 Å². The average molecular weight is 358 g/mol. The number of benzene rings is 2. The third-order valence-corrected chi connectivity index (χ3v) is 3.55. The van der Waals surface area contributed by atoms with Crippen molar-refractivity contribution in [3.8, 4) is 5.75 Å². The Hall–Kier alpha value is -1.39. The first-order chi connectivity index (χ1) is 9.51. The number of carbonyl (C=O) groups excluding carboxylic acids is 1. The molecule has 0 saturated carbocycles. The molecule has 0 aliphatic rings. The van der Waals surface area contributed by atoms with E-state index in [2.05, 4.69) is 15.9 Å². The van der Waals surface area contributed by atoms with Gasteiger partial charge < -0.3 is 4.74 Å². The summed E-state index contributed by atoms with van der Waals surface area (Å²) in [5.41, 5.74) is 0.672. The van der Waals surface area contributed by atoms with Crippen molar-refractivity contribution in [2.45, 2.75) is 6.42 Å². The van der Waals surface area contributed by atoms with Gasteiger partial charge in [0.05, 0.1) is 12.7 Å². The average Bonchev–Trinajstić information content (AvgIpc) is 2.41. The van der Waals surface area contributed by atoms with Crippen molar-refractivity contribution in [3.05, 3.63) is 62.8 Å². The molecule has 0 unspecified atom stereocenters. The minimum atomic E-state index is -0.576. The van der Waals surface area contributed by atoms with Crippen LogP contribution in [0.25, 0.3) is 0 Å². The highest BCUT2D eigenvalue weighted by molar-refractivity contribution is 9.10. The molecular formula is C15H11BrClFO2. The highest BCUT2D eigenvalue weighted by Gasteiger charge is 2.15. The summed E-state index contributed by atoms with van der Waals surface area (Å²) in [4.78, 5) is 12.2. The van der Waals surface area contributed by atoms with Crippen molar-refractivity contribution in [2.24, 2.45) is 0 Å². The highest BCUT2D eigenvalue weighted by Crippen LogP contribution is 2.25. The molecule has 0 atom stereocenters. The zero-order chi connectivity index (χ0) is 14.7. The fraction of sp³-hybridized carbons (Fsp3) is 0.133. The second kappa shape index (κ2) is 6.37. The SMILES string of the molecule is COc1ccc(Br)cc1CC(=O)c1cc(Cl)ccc1F.